The number of halogens is 1. The van der Waals surface area contributed by atoms with E-state index >= 15 is 0 Å². The van der Waals surface area contributed by atoms with Gasteiger partial charge in [-0.05, 0) is 102 Å². The number of carbonyl (C=O) groups excluding carboxylic acids is 1. The molecule has 6 nitrogen and oxygen atoms in total. The summed E-state index contributed by atoms with van der Waals surface area (Å²) >= 11 is 4.91. The summed E-state index contributed by atoms with van der Waals surface area (Å²) in [5.41, 5.74) is 2.93. The Labute approximate surface area is 207 Å². The molecule has 0 aromatic heterocycles. The van der Waals surface area contributed by atoms with Gasteiger partial charge in [0, 0.05) is 25.3 Å². The SMILES string of the molecule is CCN1C(=O)/C(=C\c2cc(Br)c(OC)c(OC)c2)SC1=Nc1ccc(N2CCCCC2)cc1. The van der Waals surface area contributed by atoms with Crippen molar-refractivity contribution in [1.82, 2.24) is 4.90 Å². The van der Waals surface area contributed by atoms with Crippen LogP contribution in [-0.2, 0) is 4.79 Å². The Kier molecular flexibility index (Phi) is 7.65. The third-order valence-corrected chi connectivity index (χ3v) is 7.35. The van der Waals surface area contributed by atoms with E-state index in [0.717, 1.165) is 28.8 Å². The summed E-state index contributed by atoms with van der Waals surface area (Å²) < 4.78 is 11.6. The fourth-order valence-corrected chi connectivity index (χ4v) is 5.73. The third-order valence-electron chi connectivity index (χ3n) is 5.75. The van der Waals surface area contributed by atoms with E-state index in [1.54, 1.807) is 19.1 Å². The van der Waals surface area contributed by atoms with E-state index in [2.05, 4.69) is 33.0 Å². The Morgan fingerprint density at radius 3 is 2.45 bits per heavy atom. The third kappa shape index (κ3) is 5.22. The normalized spacial score (nSPS) is 19.0. The van der Waals surface area contributed by atoms with Gasteiger partial charge in [-0.2, -0.15) is 0 Å². The molecule has 2 aliphatic heterocycles. The lowest BCUT2D eigenvalue weighted by Gasteiger charge is -2.28. The van der Waals surface area contributed by atoms with Crippen molar-refractivity contribution in [2.75, 3.05) is 38.8 Å². The molecule has 1 amide bonds. The number of methoxy groups -OCH3 is 2. The number of likely N-dealkylation sites (N-methyl/N-ethyl adjacent to an activating group) is 1. The Hall–Kier alpha value is -2.45. The van der Waals surface area contributed by atoms with Crippen LogP contribution in [0.3, 0.4) is 0 Å². The smallest absolute Gasteiger partial charge is 0.266 e. The lowest BCUT2D eigenvalue weighted by molar-refractivity contribution is -0.122. The second-order valence-electron chi connectivity index (χ2n) is 7.86. The van der Waals surface area contributed by atoms with Gasteiger partial charge in [0.1, 0.15) is 0 Å². The molecule has 0 N–H and O–H groups in total. The Balaban J connectivity index is 1.58. The second kappa shape index (κ2) is 10.7. The number of amidine groups is 1. The molecule has 0 atom stereocenters. The first kappa shape index (κ1) is 23.7. The number of ether oxygens (including phenoxy) is 2. The van der Waals surface area contributed by atoms with Gasteiger partial charge < -0.3 is 14.4 Å². The van der Waals surface area contributed by atoms with Crippen molar-refractivity contribution in [2.24, 2.45) is 4.99 Å². The van der Waals surface area contributed by atoms with E-state index in [9.17, 15) is 4.79 Å². The maximum atomic E-state index is 13.0. The minimum absolute atomic E-state index is 0.0444. The van der Waals surface area contributed by atoms with Crippen LogP contribution in [0.15, 0.2) is 50.8 Å². The molecule has 2 aromatic carbocycles. The number of aliphatic imine (C=N–C) groups is 1. The van der Waals surface area contributed by atoms with E-state index in [0.29, 0.717) is 28.1 Å². The van der Waals surface area contributed by atoms with Gasteiger partial charge in [-0.15, -0.1) is 0 Å². The van der Waals surface area contributed by atoms with E-state index in [4.69, 9.17) is 14.5 Å². The first-order chi connectivity index (χ1) is 16.0. The van der Waals surface area contributed by atoms with Crippen LogP contribution in [0.1, 0.15) is 31.7 Å². The zero-order valence-electron chi connectivity index (χ0n) is 19.1. The van der Waals surface area contributed by atoms with Crippen LogP contribution < -0.4 is 14.4 Å². The number of thioether (sulfide) groups is 1. The fourth-order valence-electron chi connectivity index (χ4n) is 4.04. The summed E-state index contributed by atoms with van der Waals surface area (Å²) in [5, 5.41) is 0.694. The largest absolute Gasteiger partial charge is 0.493 e. The van der Waals surface area contributed by atoms with Crippen molar-refractivity contribution in [1.29, 1.82) is 0 Å². The minimum atomic E-state index is -0.0444. The Bertz CT molecular complexity index is 1080. The van der Waals surface area contributed by atoms with Crippen molar-refractivity contribution in [3.05, 3.63) is 51.3 Å². The fraction of sp³-hybridized carbons (Fsp3) is 0.360. The van der Waals surface area contributed by atoms with Crippen LogP contribution in [-0.4, -0.2) is 49.8 Å². The highest BCUT2D eigenvalue weighted by Gasteiger charge is 2.32. The number of amides is 1. The molecule has 2 heterocycles. The molecule has 2 saturated heterocycles. The van der Waals surface area contributed by atoms with Crippen molar-refractivity contribution < 1.29 is 14.3 Å². The highest BCUT2D eigenvalue weighted by atomic mass is 79.9. The molecule has 174 valence electrons. The first-order valence-electron chi connectivity index (χ1n) is 11.1. The van der Waals surface area contributed by atoms with Crippen LogP contribution in [0.2, 0.25) is 0 Å². The van der Waals surface area contributed by atoms with E-state index in [1.165, 1.54) is 36.7 Å². The Morgan fingerprint density at radius 1 is 1.09 bits per heavy atom. The highest BCUT2D eigenvalue weighted by Crippen LogP contribution is 2.39. The summed E-state index contributed by atoms with van der Waals surface area (Å²) in [5.74, 6) is 1.18. The topological polar surface area (TPSA) is 54.4 Å². The maximum Gasteiger partial charge on any atom is 0.266 e. The molecule has 2 aliphatic rings. The molecular formula is C25H28BrN3O3S. The average molecular weight is 530 g/mol. The van der Waals surface area contributed by atoms with Gasteiger partial charge in [0.2, 0.25) is 0 Å². The zero-order valence-corrected chi connectivity index (χ0v) is 21.5. The second-order valence-corrected chi connectivity index (χ2v) is 9.72. The monoisotopic (exact) mass is 529 g/mol. The van der Waals surface area contributed by atoms with Gasteiger partial charge in [0.25, 0.3) is 5.91 Å². The van der Waals surface area contributed by atoms with Crippen LogP contribution >= 0.6 is 27.7 Å². The molecular weight excluding hydrogens is 502 g/mol. The summed E-state index contributed by atoms with van der Waals surface area (Å²) in [7, 11) is 3.19. The molecule has 2 aromatic rings. The molecule has 0 saturated carbocycles. The van der Waals surface area contributed by atoms with Gasteiger partial charge in [-0.25, -0.2) is 4.99 Å². The first-order valence-corrected chi connectivity index (χ1v) is 12.7. The van der Waals surface area contributed by atoms with Gasteiger partial charge in [0.15, 0.2) is 16.7 Å². The molecule has 0 unspecified atom stereocenters. The van der Waals surface area contributed by atoms with Gasteiger partial charge in [-0.1, -0.05) is 0 Å². The van der Waals surface area contributed by atoms with E-state index in [1.807, 2.05) is 37.3 Å². The summed E-state index contributed by atoms with van der Waals surface area (Å²) in [4.78, 5) is 22.6. The molecule has 2 fully saturated rings. The molecule has 33 heavy (non-hydrogen) atoms. The van der Waals surface area contributed by atoms with E-state index in [-0.39, 0.29) is 5.91 Å². The quantitative estimate of drug-likeness (QED) is 0.424. The predicted molar refractivity (Wildman–Crippen MR) is 140 cm³/mol. The number of hydrogen-bond donors (Lipinski definition) is 0. The number of hydrogen-bond acceptors (Lipinski definition) is 6. The maximum absolute atomic E-state index is 13.0. The van der Waals surface area contributed by atoms with Gasteiger partial charge in [-0.3, -0.25) is 9.69 Å². The standard InChI is InChI=1S/C25H28BrN3O3S/c1-4-29-24(30)22(16-17-14-20(26)23(32-3)21(15-17)31-2)33-25(29)27-18-8-10-19(11-9-18)28-12-6-5-7-13-28/h8-11,14-16H,4-7,12-13H2,1-3H3/b22-16+,27-25?. The molecule has 4 rings (SSSR count). The molecule has 8 heteroatoms. The van der Waals surface area contributed by atoms with Gasteiger partial charge in [0.05, 0.1) is 29.3 Å². The molecule has 0 radical (unpaired) electrons. The number of piperidine rings is 1. The Morgan fingerprint density at radius 2 is 1.82 bits per heavy atom. The highest BCUT2D eigenvalue weighted by molar-refractivity contribution is 9.10. The number of carbonyl (C=O) groups is 1. The molecule has 0 spiro atoms. The number of rotatable bonds is 6. The van der Waals surface area contributed by atoms with Crippen LogP contribution in [0.4, 0.5) is 11.4 Å². The summed E-state index contributed by atoms with van der Waals surface area (Å²) in [6.45, 7) is 4.75. The van der Waals surface area contributed by atoms with E-state index < -0.39 is 0 Å². The van der Waals surface area contributed by atoms with Gasteiger partial charge >= 0.3 is 0 Å². The minimum Gasteiger partial charge on any atom is -0.493 e. The number of benzene rings is 2. The predicted octanol–water partition coefficient (Wildman–Crippen LogP) is 6.08. The summed E-state index contributed by atoms with van der Waals surface area (Å²) in [6, 6.07) is 12.1. The van der Waals surface area contributed by atoms with Crippen LogP contribution in [0.5, 0.6) is 11.5 Å². The van der Waals surface area contributed by atoms with Crippen molar-refractivity contribution in [3.8, 4) is 11.5 Å². The lowest BCUT2D eigenvalue weighted by Crippen LogP contribution is -2.29. The number of anilines is 1. The molecule has 0 bridgehead atoms. The van der Waals surface area contributed by atoms with Crippen molar-refractivity contribution >= 4 is 56.2 Å². The molecule has 0 aliphatic carbocycles. The lowest BCUT2D eigenvalue weighted by atomic mass is 10.1. The summed E-state index contributed by atoms with van der Waals surface area (Å²) in [6.07, 6.45) is 5.68. The van der Waals surface area contributed by atoms with Crippen LogP contribution in [0, 0.1) is 0 Å². The average Bonchev–Trinajstić information content (AvgIpc) is 3.13. The van der Waals surface area contributed by atoms with Crippen molar-refractivity contribution in [2.45, 2.75) is 26.2 Å². The number of nitrogens with zero attached hydrogens (tertiary/aromatic N) is 3. The van der Waals surface area contributed by atoms with Crippen LogP contribution in [0.25, 0.3) is 6.08 Å². The zero-order chi connectivity index (χ0) is 23.4. The van der Waals surface area contributed by atoms with Crippen molar-refractivity contribution in [3.63, 3.8) is 0 Å².